The molecule has 1 saturated carbocycles. The molecule has 0 bridgehead atoms. The highest BCUT2D eigenvalue weighted by Gasteiger charge is 2.29. The molecular formula is C15H24N4O. The van der Waals surface area contributed by atoms with Gasteiger partial charge in [-0.05, 0) is 44.4 Å². The fraction of sp³-hybridized carbons (Fsp3) is 0.600. The Bertz CT molecular complexity index is 463. The van der Waals surface area contributed by atoms with Crippen molar-refractivity contribution in [1.82, 2.24) is 4.98 Å². The molecule has 0 radical (unpaired) electrons. The molecular weight excluding hydrogens is 252 g/mol. The monoisotopic (exact) mass is 276 g/mol. The average molecular weight is 276 g/mol. The van der Waals surface area contributed by atoms with Crippen LogP contribution in [0.5, 0.6) is 0 Å². The number of anilines is 1. The maximum Gasteiger partial charge on any atom is 0.267 e. The molecule has 110 valence electrons. The van der Waals surface area contributed by atoms with E-state index >= 15 is 0 Å². The van der Waals surface area contributed by atoms with Gasteiger partial charge < -0.3 is 16.4 Å². The second kappa shape index (κ2) is 6.70. The van der Waals surface area contributed by atoms with E-state index in [1.165, 1.54) is 19.3 Å². The Hall–Kier alpha value is -1.62. The molecule has 1 heterocycles. The Kier molecular flexibility index (Phi) is 4.95. The van der Waals surface area contributed by atoms with Crippen LogP contribution in [-0.2, 0) is 0 Å². The highest BCUT2D eigenvalue weighted by atomic mass is 16.1. The van der Waals surface area contributed by atoms with Crippen LogP contribution in [0.25, 0.3) is 0 Å². The van der Waals surface area contributed by atoms with Crippen molar-refractivity contribution in [2.45, 2.75) is 38.6 Å². The van der Waals surface area contributed by atoms with Crippen molar-refractivity contribution >= 4 is 11.7 Å². The van der Waals surface area contributed by atoms with Gasteiger partial charge in [0, 0.05) is 12.6 Å². The summed E-state index contributed by atoms with van der Waals surface area (Å²) in [5.41, 5.74) is 11.6. The number of nitrogens with two attached hydrogens (primary N) is 2. The summed E-state index contributed by atoms with van der Waals surface area (Å²) in [4.78, 5) is 17.9. The Labute approximate surface area is 120 Å². The van der Waals surface area contributed by atoms with Gasteiger partial charge in [0.1, 0.15) is 11.5 Å². The molecule has 1 aliphatic rings. The first kappa shape index (κ1) is 14.8. The first-order chi connectivity index (χ1) is 9.67. The lowest BCUT2D eigenvalue weighted by molar-refractivity contribution is 0.0995. The number of carbonyl (C=O) groups is 1. The molecule has 2 rings (SSSR count). The Morgan fingerprint density at radius 3 is 2.80 bits per heavy atom. The largest absolute Gasteiger partial charge is 0.364 e. The molecule has 2 unspecified atom stereocenters. The highest BCUT2D eigenvalue weighted by molar-refractivity contribution is 5.91. The van der Waals surface area contributed by atoms with Crippen molar-refractivity contribution in [2.24, 2.45) is 17.4 Å². The minimum atomic E-state index is -0.484. The Balaban J connectivity index is 2.26. The van der Waals surface area contributed by atoms with Gasteiger partial charge in [-0.15, -0.1) is 0 Å². The Morgan fingerprint density at radius 1 is 1.40 bits per heavy atom. The van der Waals surface area contributed by atoms with Crippen molar-refractivity contribution in [3.8, 4) is 0 Å². The van der Waals surface area contributed by atoms with Gasteiger partial charge in [0.05, 0.1) is 0 Å². The summed E-state index contributed by atoms with van der Waals surface area (Å²) in [6.07, 6.45) is 4.79. The molecule has 20 heavy (non-hydrogen) atoms. The zero-order valence-corrected chi connectivity index (χ0v) is 12.1. The number of nitrogens with zero attached hydrogens (tertiary/aromatic N) is 2. The number of primary amides is 1. The van der Waals surface area contributed by atoms with Crippen molar-refractivity contribution in [2.75, 3.05) is 18.0 Å². The van der Waals surface area contributed by atoms with Gasteiger partial charge in [0.2, 0.25) is 0 Å². The third kappa shape index (κ3) is 3.10. The quantitative estimate of drug-likeness (QED) is 0.854. The molecule has 1 aromatic heterocycles. The second-order valence-electron chi connectivity index (χ2n) is 5.38. The van der Waals surface area contributed by atoms with Crippen LogP contribution in [0.4, 0.5) is 5.82 Å². The zero-order chi connectivity index (χ0) is 14.5. The lowest BCUT2D eigenvalue weighted by Gasteiger charge is -2.40. The summed E-state index contributed by atoms with van der Waals surface area (Å²) in [5, 5.41) is 0. The van der Waals surface area contributed by atoms with E-state index < -0.39 is 5.91 Å². The number of carbonyl (C=O) groups excluding carboxylic acids is 1. The zero-order valence-electron chi connectivity index (χ0n) is 12.1. The van der Waals surface area contributed by atoms with E-state index in [-0.39, 0.29) is 0 Å². The second-order valence-corrected chi connectivity index (χ2v) is 5.38. The number of aromatic nitrogens is 1. The topological polar surface area (TPSA) is 85.2 Å². The van der Waals surface area contributed by atoms with Crippen LogP contribution < -0.4 is 16.4 Å². The number of pyridine rings is 1. The van der Waals surface area contributed by atoms with Crippen molar-refractivity contribution in [3.05, 3.63) is 23.9 Å². The van der Waals surface area contributed by atoms with Crippen LogP contribution in [0.1, 0.15) is 43.1 Å². The fourth-order valence-electron chi connectivity index (χ4n) is 3.16. The maximum atomic E-state index is 11.3. The van der Waals surface area contributed by atoms with Crippen molar-refractivity contribution in [1.29, 1.82) is 0 Å². The summed E-state index contributed by atoms with van der Waals surface area (Å²) in [6, 6.07) is 5.85. The van der Waals surface area contributed by atoms with Crippen LogP contribution in [0.15, 0.2) is 18.2 Å². The fourth-order valence-corrected chi connectivity index (χ4v) is 3.16. The third-order valence-corrected chi connectivity index (χ3v) is 4.19. The molecule has 1 amide bonds. The average Bonchev–Trinajstić information content (AvgIpc) is 2.49. The van der Waals surface area contributed by atoms with Crippen LogP contribution >= 0.6 is 0 Å². The van der Waals surface area contributed by atoms with Gasteiger partial charge in [-0.2, -0.15) is 0 Å². The van der Waals surface area contributed by atoms with Gasteiger partial charge in [-0.3, -0.25) is 4.79 Å². The summed E-state index contributed by atoms with van der Waals surface area (Å²) in [6.45, 7) is 3.67. The molecule has 0 aromatic carbocycles. The highest BCUT2D eigenvalue weighted by Crippen LogP contribution is 2.30. The molecule has 1 aromatic rings. The maximum absolute atomic E-state index is 11.3. The molecule has 0 spiro atoms. The first-order valence-electron chi connectivity index (χ1n) is 7.41. The van der Waals surface area contributed by atoms with Gasteiger partial charge in [-0.1, -0.05) is 18.9 Å². The van der Waals surface area contributed by atoms with E-state index in [4.69, 9.17) is 11.5 Å². The SMILES string of the molecule is CCN(c1cccc(C(N)=O)n1)C1CCCCC1CN. The summed E-state index contributed by atoms with van der Waals surface area (Å²) >= 11 is 0. The summed E-state index contributed by atoms with van der Waals surface area (Å²) in [5.74, 6) is 0.846. The van der Waals surface area contributed by atoms with Gasteiger partial charge >= 0.3 is 0 Å². The summed E-state index contributed by atoms with van der Waals surface area (Å²) < 4.78 is 0. The minimum Gasteiger partial charge on any atom is -0.364 e. The standard InChI is InChI=1S/C15H24N4O/c1-2-19(13-8-4-3-6-11(13)10-16)14-9-5-7-12(18-14)15(17)20/h5,7,9,11,13H,2-4,6,8,10,16H2,1H3,(H2,17,20). The van der Waals surface area contributed by atoms with E-state index in [2.05, 4.69) is 16.8 Å². The van der Waals surface area contributed by atoms with Crippen LogP contribution in [0.2, 0.25) is 0 Å². The predicted octanol–water partition coefficient (Wildman–Crippen LogP) is 1.52. The van der Waals surface area contributed by atoms with Gasteiger partial charge in [-0.25, -0.2) is 4.98 Å². The molecule has 1 fully saturated rings. The van der Waals surface area contributed by atoms with Gasteiger partial charge in [0.25, 0.3) is 5.91 Å². The molecule has 2 atom stereocenters. The smallest absolute Gasteiger partial charge is 0.267 e. The number of rotatable bonds is 5. The van der Waals surface area contributed by atoms with E-state index in [0.717, 1.165) is 18.8 Å². The van der Waals surface area contributed by atoms with Crippen LogP contribution in [-0.4, -0.2) is 30.0 Å². The summed E-state index contributed by atoms with van der Waals surface area (Å²) in [7, 11) is 0. The van der Waals surface area contributed by atoms with E-state index in [0.29, 0.717) is 24.2 Å². The van der Waals surface area contributed by atoms with E-state index in [1.54, 1.807) is 6.07 Å². The minimum absolute atomic E-state index is 0.320. The molecule has 5 heteroatoms. The van der Waals surface area contributed by atoms with Crippen LogP contribution in [0.3, 0.4) is 0 Å². The van der Waals surface area contributed by atoms with E-state index in [9.17, 15) is 4.79 Å². The normalized spacial score (nSPS) is 22.5. The molecule has 0 aliphatic heterocycles. The molecule has 0 saturated heterocycles. The number of amides is 1. The van der Waals surface area contributed by atoms with E-state index in [1.807, 2.05) is 12.1 Å². The molecule has 4 N–H and O–H groups in total. The molecule has 5 nitrogen and oxygen atoms in total. The number of hydrogen-bond donors (Lipinski definition) is 2. The Morgan fingerprint density at radius 2 is 2.15 bits per heavy atom. The third-order valence-electron chi connectivity index (χ3n) is 4.19. The predicted molar refractivity (Wildman–Crippen MR) is 80.6 cm³/mol. The first-order valence-corrected chi connectivity index (χ1v) is 7.41. The molecule has 1 aliphatic carbocycles. The lowest BCUT2D eigenvalue weighted by atomic mass is 9.83. The lowest BCUT2D eigenvalue weighted by Crippen LogP contribution is -2.45. The van der Waals surface area contributed by atoms with Crippen molar-refractivity contribution < 1.29 is 4.79 Å². The number of hydrogen-bond acceptors (Lipinski definition) is 4. The van der Waals surface area contributed by atoms with Crippen molar-refractivity contribution in [3.63, 3.8) is 0 Å². The van der Waals surface area contributed by atoms with Gasteiger partial charge in [0.15, 0.2) is 0 Å². The van der Waals surface area contributed by atoms with Crippen LogP contribution in [0, 0.1) is 5.92 Å².